The summed E-state index contributed by atoms with van der Waals surface area (Å²) in [5, 5.41) is 0. The molecule has 1 heterocycles. The molecule has 1 rings (SSSR count). The molecule has 0 aromatic carbocycles. The maximum Gasteiger partial charge on any atom is 0.246 e. The topological polar surface area (TPSA) is 33.5 Å². The van der Waals surface area contributed by atoms with Gasteiger partial charge in [0.1, 0.15) is 5.76 Å². The predicted molar refractivity (Wildman–Crippen MR) is 72.9 cm³/mol. The summed E-state index contributed by atoms with van der Waals surface area (Å²) in [4.78, 5) is 13.4. The number of amides is 1. The number of hydrogen-bond acceptors (Lipinski definition) is 2. The maximum absolute atomic E-state index is 11.7. The van der Waals surface area contributed by atoms with Gasteiger partial charge in [-0.05, 0) is 46.7 Å². The fraction of sp³-hybridized carbons (Fsp3) is 0.417. The second-order valence-electron chi connectivity index (χ2n) is 4.09. The molecule has 0 atom stereocenters. The zero-order valence-electron chi connectivity index (χ0n) is 9.74. The van der Waals surface area contributed by atoms with Gasteiger partial charge in [0.25, 0.3) is 0 Å². The molecule has 16 heavy (non-hydrogen) atoms. The fourth-order valence-electron chi connectivity index (χ4n) is 1.34. The van der Waals surface area contributed by atoms with Gasteiger partial charge < -0.3 is 9.32 Å². The number of nitrogens with zero attached hydrogens (tertiary/aromatic N) is 1. The van der Waals surface area contributed by atoms with Gasteiger partial charge >= 0.3 is 0 Å². The normalized spacial score (nSPS) is 11.3. The Hall–Kier alpha value is -0.780. The van der Waals surface area contributed by atoms with Crippen LogP contribution in [0, 0.1) is 9.68 Å². The van der Waals surface area contributed by atoms with Crippen molar-refractivity contribution in [2.45, 2.75) is 13.8 Å². The average molecular weight is 333 g/mol. The standard InChI is InChI=1S/C12H16INO2/c1-9(2)8-14(3)12(15)7-5-10-4-6-11(13)16-10/h4-7,9H,8H2,1-3H3/b7-5+. The number of furan rings is 1. The van der Waals surface area contributed by atoms with E-state index in [1.165, 1.54) is 6.08 Å². The van der Waals surface area contributed by atoms with E-state index in [-0.39, 0.29) is 5.91 Å². The van der Waals surface area contributed by atoms with Gasteiger partial charge in [0.15, 0.2) is 3.77 Å². The Labute approximate surface area is 110 Å². The molecule has 88 valence electrons. The number of hydrogen-bond donors (Lipinski definition) is 0. The Bertz CT molecular complexity index is 382. The number of likely N-dealkylation sites (N-methyl/N-ethyl adjacent to an activating group) is 1. The molecule has 0 radical (unpaired) electrons. The van der Waals surface area contributed by atoms with Crippen molar-refractivity contribution in [2.24, 2.45) is 5.92 Å². The number of halogens is 1. The highest BCUT2D eigenvalue weighted by Gasteiger charge is 2.06. The lowest BCUT2D eigenvalue weighted by Gasteiger charge is -2.17. The molecule has 1 amide bonds. The summed E-state index contributed by atoms with van der Waals surface area (Å²) in [6.45, 7) is 4.93. The highest BCUT2D eigenvalue weighted by molar-refractivity contribution is 14.1. The molecule has 0 saturated carbocycles. The van der Waals surface area contributed by atoms with Gasteiger partial charge in [-0.25, -0.2) is 0 Å². The Morgan fingerprint density at radius 1 is 1.56 bits per heavy atom. The molecule has 4 heteroatoms. The van der Waals surface area contributed by atoms with Crippen LogP contribution in [0.25, 0.3) is 6.08 Å². The van der Waals surface area contributed by atoms with Crippen LogP contribution in [0.5, 0.6) is 0 Å². The van der Waals surface area contributed by atoms with Crippen LogP contribution in [0.1, 0.15) is 19.6 Å². The van der Waals surface area contributed by atoms with Gasteiger partial charge in [-0.15, -0.1) is 0 Å². The first-order chi connectivity index (χ1) is 7.49. The molecule has 3 nitrogen and oxygen atoms in total. The molecule has 0 unspecified atom stereocenters. The molecule has 0 fully saturated rings. The monoisotopic (exact) mass is 333 g/mol. The predicted octanol–water partition coefficient (Wildman–Crippen LogP) is 3.01. The molecule has 0 saturated heterocycles. The molecule has 0 spiro atoms. The second kappa shape index (κ2) is 6.08. The molecule has 1 aromatic heterocycles. The minimum Gasteiger partial charge on any atom is -0.451 e. The Balaban J connectivity index is 2.53. The van der Waals surface area contributed by atoms with Crippen LogP contribution in [0.3, 0.4) is 0 Å². The second-order valence-corrected chi connectivity index (χ2v) is 5.15. The van der Waals surface area contributed by atoms with Crippen molar-refractivity contribution < 1.29 is 9.21 Å². The summed E-state index contributed by atoms with van der Waals surface area (Å²) >= 11 is 2.09. The minimum absolute atomic E-state index is 0.000100. The summed E-state index contributed by atoms with van der Waals surface area (Å²) in [6, 6.07) is 3.70. The van der Waals surface area contributed by atoms with Crippen molar-refractivity contribution in [3.63, 3.8) is 0 Å². The van der Waals surface area contributed by atoms with E-state index in [2.05, 4.69) is 36.4 Å². The van der Waals surface area contributed by atoms with Gasteiger partial charge in [0.2, 0.25) is 5.91 Å². The third kappa shape index (κ3) is 4.38. The fourth-order valence-corrected chi connectivity index (χ4v) is 1.77. The SMILES string of the molecule is CC(C)CN(C)C(=O)/C=C/c1ccc(I)o1. The third-order valence-electron chi connectivity index (χ3n) is 2.00. The van der Waals surface area contributed by atoms with E-state index in [1.54, 1.807) is 18.0 Å². The van der Waals surface area contributed by atoms with E-state index in [1.807, 2.05) is 12.1 Å². The van der Waals surface area contributed by atoms with Crippen molar-refractivity contribution in [1.82, 2.24) is 4.90 Å². The quantitative estimate of drug-likeness (QED) is 0.627. The van der Waals surface area contributed by atoms with Crippen LogP contribution < -0.4 is 0 Å². The van der Waals surface area contributed by atoms with Crippen molar-refractivity contribution >= 4 is 34.6 Å². The maximum atomic E-state index is 11.7. The molecular weight excluding hydrogens is 317 g/mol. The van der Waals surface area contributed by atoms with Gasteiger partial charge in [-0.2, -0.15) is 0 Å². The van der Waals surface area contributed by atoms with Crippen molar-refractivity contribution in [3.8, 4) is 0 Å². The molecule has 0 bridgehead atoms. The largest absolute Gasteiger partial charge is 0.451 e. The highest BCUT2D eigenvalue weighted by Crippen LogP contribution is 2.11. The lowest BCUT2D eigenvalue weighted by molar-refractivity contribution is -0.125. The summed E-state index contributed by atoms with van der Waals surface area (Å²) in [6.07, 6.45) is 3.23. The number of carbonyl (C=O) groups is 1. The first-order valence-electron chi connectivity index (χ1n) is 5.17. The van der Waals surface area contributed by atoms with Crippen molar-refractivity contribution in [1.29, 1.82) is 0 Å². The first-order valence-corrected chi connectivity index (χ1v) is 6.25. The smallest absolute Gasteiger partial charge is 0.246 e. The highest BCUT2D eigenvalue weighted by atomic mass is 127. The van der Waals surface area contributed by atoms with E-state index in [0.29, 0.717) is 11.7 Å². The van der Waals surface area contributed by atoms with Crippen LogP contribution in [-0.4, -0.2) is 24.4 Å². The van der Waals surface area contributed by atoms with Crippen LogP contribution in [0.15, 0.2) is 22.6 Å². The molecule has 0 aliphatic rings. The Kier molecular flexibility index (Phi) is 5.05. The van der Waals surface area contributed by atoms with Gasteiger partial charge in [-0.1, -0.05) is 13.8 Å². The summed E-state index contributed by atoms with van der Waals surface area (Å²) in [7, 11) is 1.80. The van der Waals surface area contributed by atoms with Crippen LogP contribution in [0.2, 0.25) is 0 Å². The van der Waals surface area contributed by atoms with E-state index >= 15 is 0 Å². The molecule has 0 N–H and O–H groups in total. The van der Waals surface area contributed by atoms with E-state index in [0.717, 1.165) is 10.3 Å². The van der Waals surface area contributed by atoms with Crippen LogP contribution in [-0.2, 0) is 4.79 Å². The molecule has 1 aromatic rings. The van der Waals surface area contributed by atoms with Crippen molar-refractivity contribution in [2.75, 3.05) is 13.6 Å². The zero-order valence-corrected chi connectivity index (χ0v) is 11.9. The van der Waals surface area contributed by atoms with Gasteiger partial charge in [-0.3, -0.25) is 4.79 Å². The van der Waals surface area contributed by atoms with Gasteiger partial charge in [0.05, 0.1) is 0 Å². The molecule has 0 aliphatic heterocycles. The van der Waals surface area contributed by atoms with E-state index < -0.39 is 0 Å². The summed E-state index contributed by atoms with van der Waals surface area (Å²) in [5.41, 5.74) is 0. The van der Waals surface area contributed by atoms with E-state index in [4.69, 9.17) is 4.42 Å². The lowest BCUT2D eigenvalue weighted by atomic mass is 10.2. The number of carbonyl (C=O) groups excluding carboxylic acids is 1. The molecular formula is C12H16INO2. The summed E-state index contributed by atoms with van der Waals surface area (Å²) in [5.74, 6) is 1.18. The zero-order chi connectivity index (χ0) is 12.1. The van der Waals surface area contributed by atoms with Crippen molar-refractivity contribution in [3.05, 3.63) is 27.7 Å². The Morgan fingerprint density at radius 2 is 2.25 bits per heavy atom. The average Bonchev–Trinajstić information content (AvgIpc) is 2.59. The van der Waals surface area contributed by atoms with Gasteiger partial charge in [0, 0.05) is 19.7 Å². The first kappa shape index (κ1) is 13.3. The van der Waals surface area contributed by atoms with E-state index in [9.17, 15) is 4.79 Å². The Morgan fingerprint density at radius 3 is 2.75 bits per heavy atom. The molecule has 0 aliphatic carbocycles. The summed E-state index contributed by atoms with van der Waals surface area (Å²) < 4.78 is 6.14. The van der Waals surface area contributed by atoms with Crippen LogP contribution in [0.4, 0.5) is 0 Å². The van der Waals surface area contributed by atoms with Crippen LogP contribution >= 0.6 is 22.6 Å². The number of rotatable bonds is 4. The lowest BCUT2D eigenvalue weighted by Crippen LogP contribution is -2.28. The third-order valence-corrected chi connectivity index (χ3v) is 2.58. The minimum atomic E-state index is 0.000100.